The van der Waals surface area contributed by atoms with Crippen LogP contribution in [0.4, 0.5) is 0 Å². The van der Waals surface area contributed by atoms with Crippen LogP contribution in [0.5, 0.6) is 11.5 Å². The first-order valence-electron chi connectivity index (χ1n) is 7.58. The number of nitrogens with zero attached hydrogens (tertiary/aromatic N) is 4. The van der Waals surface area contributed by atoms with Gasteiger partial charge in [0.25, 0.3) is 5.89 Å². The van der Waals surface area contributed by atoms with E-state index in [4.69, 9.17) is 13.9 Å². The van der Waals surface area contributed by atoms with Gasteiger partial charge in [0.05, 0.1) is 32.0 Å². The Morgan fingerprint density at radius 1 is 1.00 bits per heavy atom. The van der Waals surface area contributed by atoms with Crippen LogP contribution in [0.3, 0.4) is 0 Å². The molecule has 3 aromatic heterocycles. The number of aromatic nitrogens is 4. The highest BCUT2D eigenvalue weighted by Crippen LogP contribution is 2.20. The molecule has 0 aliphatic rings. The second-order valence-corrected chi connectivity index (χ2v) is 5.41. The number of hydrogen-bond acceptors (Lipinski definition) is 7. The Labute approximate surface area is 139 Å². The van der Waals surface area contributed by atoms with E-state index in [0.717, 1.165) is 5.69 Å². The van der Waals surface area contributed by atoms with Crippen LogP contribution >= 0.6 is 0 Å². The van der Waals surface area contributed by atoms with Crippen molar-refractivity contribution in [3.8, 4) is 23.1 Å². The Balaban J connectivity index is 1.70. The minimum atomic E-state index is 0.102. The molecule has 0 N–H and O–H groups in total. The number of methoxy groups -OCH3 is 1. The Bertz CT molecular complexity index is 782. The van der Waals surface area contributed by atoms with Crippen molar-refractivity contribution >= 4 is 0 Å². The fraction of sp³-hybridized carbons (Fsp3) is 0.294. The molecule has 0 aliphatic heterocycles. The molecule has 3 aromatic rings. The van der Waals surface area contributed by atoms with E-state index in [1.165, 1.54) is 0 Å². The molecule has 24 heavy (non-hydrogen) atoms. The summed E-state index contributed by atoms with van der Waals surface area (Å²) in [5.74, 6) is 2.26. The minimum absolute atomic E-state index is 0.102. The second kappa shape index (κ2) is 7.08. The molecule has 124 valence electrons. The maximum atomic E-state index is 5.65. The zero-order chi connectivity index (χ0) is 16.9. The van der Waals surface area contributed by atoms with Crippen LogP contribution < -0.4 is 9.47 Å². The zero-order valence-corrected chi connectivity index (χ0v) is 13.8. The summed E-state index contributed by atoms with van der Waals surface area (Å²) in [6.45, 7) is 3.93. The standard InChI is InChI=1S/C17H18N4O3/c1-11(2)23-14-6-7-15(19-10-14)17-21-20-16(24-17)8-12-4-5-13(22-3)9-18-12/h4-7,9-11H,8H2,1-3H3. The van der Waals surface area contributed by atoms with Gasteiger partial charge in [0, 0.05) is 5.69 Å². The van der Waals surface area contributed by atoms with Gasteiger partial charge in [-0.15, -0.1) is 10.2 Å². The lowest BCUT2D eigenvalue weighted by Crippen LogP contribution is -2.05. The third kappa shape index (κ3) is 3.87. The molecule has 0 fully saturated rings. The van der Waals surface area contributed by atoms with E-state index in [1.807, 2.05) is 32.0 Å². The minimum Gasteiger partial charge on any atom is -0.495 e. The first-order valence-corrected chi connectivity index (χ1v) is 7.58. The maximum Gasteiger partial charge on any atom is 0.266 e. The summed E-state index contributed by atoms with van der Waals surface area (Å²) >= 11 is 0. The van der Waals surface area contributed by atoms with Crippen LogP contribution in [0.25, 0.3) is 11.6 Å². The molecular formula is C17H18N4O3. The summed E-state index contributed by atoms with van der Waals surface area (Å²) in [7, 11) is 1.60. The molecular weight excluding hydrogens is 308 g/mol. The van der Waals surface area contributed by atoms with E-state index in [0.29, 0.717) is 35.4 Å². The normalized spacial score (nSPS) is 10.8. The van der Waals surface area contributed by atoms with E-state index in [-0.39, 0.29) is 6.10 Å². The molecule has 0 aromatic carbocycles. The van der Waals surface area contributed by atoms with Crippen molar-refractivity contribution in [2.75, 3.05) is 7.11 Å². The van der Waals surface area contributed by atoms with Gasteiger partial charge in [-0.05, 0) is 38.1 Å². The van der Waals surface area contributed by atoms with Crippen molar-refractivity contribution in [2.45, 2.75) is 26.4 Å². The van der Waals surface area contributed by atoms with Crippen LogP contribution in [-0.4, -0.2) is 33.4 Å². The number of pyridine rings is 2. The molecule has 3 heterocycles. The first-order chi connectivity index (χ1) is 11.6. The molecule has 0 aliphatic carbocycles. The smallest absolute Gasteiger partial charge is 0.266 e. The molecule has 7 heteroatoms. The molecule has 0 radical (unpaired) electrons. The van der Waals surface area contributed by atoms with Gasteiger partial charge < -0.3 is 13.9 Å². The number of hydrogen-bond donors (Lipinski definition) is 0. The third-order valence-electron chi connectivity index (χ3n) is 3.16. The largest absolute Gasteiger partial charge is 0.495 e. The van der Waals surface area contributed by atoms with Crippen LogP contribution in [0.15, 0.2) is 41.1 Å². The van der Waals surface area contributed by atoms with Crippen molar-refractivity contribution in [1.29, 1.82) is 0 Å². The molecule has 3 rings (SSSR count). The number of ether oxygens (including phenoxy) is 2. The lowest BCUT2D eigenvalue weighted by atomic mass is 10.2. The van der Waals surface area contributed by atoms with Gasteiger partial charge in [0.2, 0.25) is 5.89 Å². The van der Waals surface area contributed by atoms with Gasteiger partial charge in [0.1, 0.15) is 17.2 Å². The molecule has 0 atom stereocenters. The zero-order valence-electron chi connectivity index (χ0n) is 13.8. The monoisotopic (exact) mass is 326 g/mol. The summed E-state index contributed by atoms with van der Waals surface area (Å²) in [6.07, 6.45) is 3.85. The Kier molecular flexibility index (Phi) is 4.69. The van der Waals surface area contributed by atoms with Crippen molar-refractivity contribution in [3.63, 3.8) is 0 Å². The molecule has 0 saturated heterocycles. The van der Waals surface area contributed by atoms with Gasteiger partial charge in [0.15, 0.2) is 0 Å². The summed E-state index contributed by atoms with van der Waals surface area (Å²) in [5.41, 5.74) is 1.42. The van der Waals surface area contributed by atoms with E-state index in [2.05, 4.69) is 20.2 Å². The summed E-state index contributed by atoms with van der Waals surface area (Å²) in [4.78, 5) is 8.57. The Hall–Kier alpha value is -2.96. The van der Waals surface area contributed by atoms with Gasteiger partial charge in [-0.3, -0.25) is 4.98 Å². The highest BCUT2D eigenvalue weighted by molar-refractivity contribution is 5.47. The second-order valence-electron chi connectivity index (χ2n) is 5.41. The lowest BCUT2D eigenvalue weighted by Gasteiger charge is -2.08. The molecule has 0 saturated carbocycles. The Morgan fingerprint density at radius 2 is 1.79 bits per heavy atom. The van der Waals surface area contributed by atoms with Crippen molar-refractivity contribution in [2.24, 2.45) is 0 Å². The summed E-state index contributed by atoms with van der Waals surface area (Å²) in [6, 6.07) is 7.32. The molecule has 0 unspecified atom stereocenters. The van der Waals surface area contributed by atoms with Crippen molar-refractivity contribution < 1.29 is 13.9 Å². The van der Waals surface area contributed by atoms with E-state index in [1.54, 1.807) is 25.6 Å². The van der Waals surface area contributed by atoms with E-state index >= 15 is 0 Å². The van der Waals surface area contributed by atoms with Gasteiger partial charge in [-0.2, -0.15) is 0 Å². The average Bonchev–Trinajstić information content (AvgIpc) is 3.04. The Morgan fingerprint density at radius 3 is 2.42 bits per heavy atom. The maximum absolute atomic E-state index is 5.65. The third-order valence-corrected chi connectivity index (χ3v) is 3.16. The quantitative estimate of drug-likeness (QED) is 0.688. The van der Waals surface area contributed by atoms with Crippen LogP contribution in [0.1, 0.15) is 25.4 Å². The predicted octanol–water partition coefficient (Wildman–Crippen LogP) is 2.91. The molecule has 7 nitrogen and oxygen atoms in total. The van der Waals surface area contributed by atoms with Crippen molar-refractivity contribution in [3.05, 3.63) is 48.2 Å². The SMILES string of the molecule is COc1ccc(Cc2nnc(-c3ccc(OC(C)C)cn3)o2)nc1. The lowest BCUT2D eigenvalue weighted by molar-refractivity contribution is 0.241. The van der Waals surface area contributed by atoms with Crippen LogP contribution in [-0.2, 0) is 6.42 Å². The fourth-order valence-corrected chi connectivity index (χ4v) is 2.07. The summed E-state index contributed by atoms with van der Waals surface area (Å²) < 4.78 is 16.3. The molecule has 0 amide bonds. The molecule has 0 spiro atoms. The van der Waals surface area contributed by atoms with Crippen LogP contribution in [0, 0.1) is 0 Å². The fourth-order valence-electron chi connectivity index (χ4n) is 2.07. The highest BCUT2D eigenvalue weighted by Gasteiger charge is 2.11. The summed E-state index contributed by atoms with van der Waals surface area (Å²) in [5, 5.41) is 8.08. The molecule has 0 bridgehead atoms. The van der Waals surface area contributed by atoms with E-state index < -0.39 is 0 Å². The highest BCUT2D eigenvalue weighted by atomic mass is 16.5. The number of rotatable bonds is 6. The average molecular weight is 326 g/mol. The van der Waals surface area contributed by atoms with Crippen molar-refractivity contribution in [1.82, 2.24) is 20.2 Å². The topological polar surface area (TPSA) is 83.2 Å². The van der Waals surface area contributed by atoms with Gasteiger partial charge in [-0.25, -0.2) is 4.98 Å². The van der Waals surface area contributed by atoms with Gasteiger partial charge >= 0.3 is 0 Å². The predicted molar refractivity (Wildman–Crippen MR) is 86.9 cm³/mol. The van der Waals surface area contributed by atoms with Crippen LogP contribution in [0.2, 0.25) is 0 Å². The first kappa shape index (κ1) is 15.9. The van der Waals surface area contributed by atoms with Gasteiger partial charge in [-0.1, -0.05) is 0 Å². The van der Waals surface area contributed by atoms with E-state index in [9.17, 15) is 0 Å².